The van der Waals surface area contributed by atoms with Crippen molar-refractivity contribution in [3.8, 4) is 0 Å². The number of nitrogens with zero attached hydrogens (tertiary/aromatic N) is 2. The minimum absolute atomic E-state index is 0.131. The van der Waals surface area contributed by atoms with Crippen molar-refractivity contribution in [3.63, 3.8) is 0 Å². The first-order valence-corrected chi connectivity index (χ1v) is 10.3. The van der Waals surface area contributed by atoms with Gasteiger partial charge in [0.05, 0.1) is 17.1 Å². The number of carbonyl (C=O) groups excluding carboxylic acids is 2. The van der Waals surface area contributed by atoms with Gasteiger partial charge in [0.1, 0.15) is 5.82 Å². The predicted molar refractivity (Wildman–Crippen MR) is 118 cm³/mol. The Kier molecular flexibility index (Phi) is 6.56. The molecule has 0 aliphatic heterocycles. The number of hydrogen-bond donors (Lipinski definition) is 1. The van der Waals surface area contributed by atoms with Crippen LogP contribution in [-0.2, 0) is 9.59 Å². The maximum atomic E-state index is 14.1. The summed E-state index contributed by atoms with van der Waals surface area (Å²) >= 11 is 4.60. The topological polar surface area (TPSA) is 62.3 Å². The third-order valence-electron chi connectivity index (χ3n) is 3.90. The number of thiazole rings is 1. The molecule has 3 aromatic rings. The number of para-hydroxylation sites is 1. The Morgan fingerprint density at radius 2 is 2.00 bits per heavy atom. The number of benzene rings is 2. The van der Waals surface area contributed by atoms with Gasteiger partial charge in [-0.1, -0.05) is 18.2 Å². The molecule has 148 valence electrons. The Morgan fingerprint density at radius 1 is 1.24 bits per heavy atom. The number of nitrogens with one attached hydrogen (secondary N) is 1. The van der Waals surface area contributed by atoms with Crippen LogP contribution in [0.25, 0.3) is 6.08 Å². The van der Waals surface area contributed by atoms with Crippen molar-refractivity contribution in [1.82, 2.24) is 4.98 Å². The van der Waals surface area contributed by atoms with Crippen molar-refractivity contribution < 1.29 is 14.0 Å². The minimum Gasteiger partial charge on any atom is -0.321 e. The summed E-state index contributed by atoms with van der Waals surface area (Å²) in [4.78, 5) is 29.8. The van der Waals surface area contributed by atoms with E-state index in [1.165, 1.54) is 47.4 Å². The maximum absolute atomic E-state index is 14.1. The lowest BCUT2D eigenvalue weighted by molar-refractivity contribution is -0.116. The molecular formula is C21H17BrFN3O2S. The summed E-state index contributed by atoms with van der Waals surface area (Å²) in [6, 6.07) is 11.6. The number of aromatic nitrogens is 1. The first-order valence-electron chi connectivity index (χ1n) is 8.61. The molecule has 1 aromatic heterocycles. The molecule has 0 fully saturated rings. The van der Waals surface area contributed by atoms with Crippen LogP contribution in [0.1, 0.15) is 18.2 Å². The highest BCUT2D eigenvalue weighted by molar-refractivity contribution is 9.10. The molecule has 0 aliphatic carbocycles. The third-order valence-corrected chi connectivity index (χ3v) is 5.40. The lowest BCUT2D eigenvalue weighted by atomic mass is 10.2. The summed E-state index contributed by atoms with van der Waals surface area (Å²) in [5.41, 5.74) is 2.36. The summed E-state index contributed by atoms with van der Waals surface area (Å²) in [5.74, 6) is -1.19. The van der Waals surface area contributed by atoms with Gasteiger partial charge in [0.25, 0.3) is 0 Å². The number of hydrogen-bond acceptors (Lipinski definition) is 4. The highest BCUT2D eigenvalue weighted by Gasteiger charge is 2.20. The molecule has 0 radical (unpaired) electrons. The molecule has 29 heavy (non-hydrogen) atoms. The van der Waals surface area contributed by atoms with Crippen LogP contribution in [0, 0.1) is 12.7 Å². The molecule has 1 N–H and O–H groups in total. The average molecular weight is 474 g/mol. The van der Waals surface area contributed by atoms with Crippen LogP contribution < -0.4 is 10.2 Å². The number of halogens is 2. The molecule has 3 rings (SSSR count). The van der Waals surface area contributed by atoms with Gasteiger partial charge in [0.2, 0.25) is 11.8 Å². The fraction of sp³-hybridized carbons (Fsp3) is 0.0952. The van der Waals surface area contributed by atoms with E-state index in [1.54, 1.807) is 17.5 Å². The lowest BCUT2D eigenvalue weighted by Gasteiger charge is -2.18. The molecule has 0 bridgehead atoms. The Hall–Kier alpha value is -2.84. The second-order valence-electron chi connectivity index (χ2n) is 6.17. The van der Waals surface area contributed by atoms with Gasteiger partial charge in [0, 0.05) is 22.9 Å². The van der Waals surface area contributed by atoms with E-state index in [0.29, 0.717) is 16.5 Å². The van der Waals surface area contributed by atoms with Gasteiger partial charge in [-0.25, -0.2) is 9.37 Å². The van der Waals surface area contributed by atoms with Gasteiger partial charge >= 0.3 is 0 Å². The van der Waals surface area contributed by atoms with Crippen LogP contribution in [0.3, 0.4) is 0 Å². The summed E-state index contributed by atoms with van der Waals surface area (Å²) in [6.07, 6.45) is 2.89. The Morgan fingerprint density at radius 3 is 2.69 bits per heavy atom. The summed E-state index contributed by atoms with van der Waals surface area (Å²) in [6.45, 7) is 3.30. The van der Waals surface area contributed by atoms with Crippen molar-refractivity contribution in [1.29, 1.82) is 0 Å². The molecule has 5 nitrogen and oxygen atoms in total. The van der Waals surface area contributed by atoms with E-state index < -0.39 is 5.82 Å². The van der Waals surface area contributed by atoms with Crippen molar-refractivity contribution >= 4 is 61.7 Å². The van der Waals surface area contributed by atoms with Crippen molar-refractivity contribution in [2.75, 3.05) is 10.2 Å². The molecule has 0 atom stereocenters. The molecule has 8 heteroatoms. The minimum atomic E-state index is -0.516. The quantitative estimate of drug-likeness (QED) is 0.484. The predicted octanol–water partition coefficient (Wildman–Crippen LogP) is 5.69. The highest BCUT2D eigenvalue weighted by Crippen LogP contribution is 2.31. The highest BCUT2D eigenvalue weighted by atomic mass is 79.9. The summed E-state index contributed by atoms with van der Waals surface area (Å²) in [5, 5.41) is 4.79. The Labute approximate surface area is 180 Å². The molecule has 2 aromatic carbocycles. The second-order valence-corrected chi connectivity index (χ2v) is 7.86. The van der Waals surface area contributed by atoms with Crippen LogP contribution in [0.15, 0.2) is 58.4 Å². The SMILES string of the molecule is CC(=O)N(c1nc(/C=C/C(=O)Nc2ccc(C)cc2Br)cs1)c1ccccc1F. The first kappa shape index (κ1) is 20.9. The van der Waals surface area contributed by atoms with Crippen LogP contribution in [0.4, 0.5) is 20.9 Å². The smallest absolute Gasteiger partial charge is 0.248 e. The summed E-state index contributed by atoms with van der Waals surface area (Å²) in [7, 11) is 0. The van der Waals surface area contributed by atoms with Gasteiger partial charge < -0.3 is 5.32 Å². The van der Waals surface area contributed by atoms with Gasteiger partial charge in [-0.15, -0.1) is 11.3 Å². The van der Waals surface area contributed by atoms with Crippen molar-refractivity contribution in [2.45, 2.75) is 13.8 Å². The molecule has 0 saturated carbocycles. The number of amides is 2. The summed E-state index contributed by atoms with van der Waals surface area (Å²) < 4.78 is 14.9. The Bertz CT molecular complexity index is 1100. The zero-order valence-electron chi connectivity index (χ0n) is 15.6. The maximum Gasteiger partial charge on any atom is 0.248 e. The third kappa shape index (κ3) is 5.16. The van der Waals surface area contributed by atoms with Gasteiger partial charge in [-0.05, 0) is 58.8 Å². The average Bonchev–Trinajstić information content (AvgIpc) is 3.12. The van der Waals surface area contributed by atoms with Crippen LogP contribution in [0.2, 0.25) is 0 Å². The van der Waals surface area contributed by atoms with E-state index >= 15 is 0 Å². The standard InChI is InChI=1S/C21H17BrFN3O2S/c1-13-7-9-18(16(22)11-13)25-20(28)10-8-15-12-29-21(24-15)26(14(2)27)19-6-4-3-5-17(19)23/h3-12H,1-2H3,(H,25,28)/b10-8+. The molecule has 0 saturated heterocycles. The van der Waals surface area contributed by atoms with E-state index in [9.17, 15) is 14.0 Å². The molecule has 0 unspecified atom stereocenters. The normalized spacial score (nSPS) is 10.9. The zero-order valence-corrected chi connectivity index (χ0v) is 18.1. The van der Waals surface area contributed by atoms with E-state index in [0.717, 1.165) is 10.0 Å². The molecular weight excluding hydrogens is 457 g/mol. The number of aryl methyl sites for hydroxylation is 1. The zero-order chi connectivity index (χ0) is 21.0. The first-order chi connectivity index (χ1) is 13.8. The fourth-order valence-electron chi connectivity index (χ4n) is 2.55. The fourth-order valence-corrected chi connectivity index (χ4v) is 3.99. The van der Waals surface area contributed by atoms with Crippen LogP contribution in [0.5, 0.6) is 0 Å². The van der Waals surface area contributed by atoms with Crippen molar-refractivity contribution in [3.05, 3.63) is 75.5 Å². The molecule has 0 aliphatic rings. The second kappa shape index (κ2) is 9.11. The monoisotopic (exact) mass is 473 g/mol. The van der Waals surface area contributed by atoms with Gasteiger partial charge in [-0.2, -0.15) is 0 Å². The number of carbonyl (C=O) groups is 2. The van der Waals surface area contributed by atoms with Crippen LogP contribution >= 0.6 is 27.3 Å². The van der Waals surface area contributed by atoms with E-state index in [2.05, 4.69) is 26.2 Å². The van der Waals surface area contributed by atoms with Gasteiger partial charge in [0.15, 0.2) is 5.13 Å². The molecule has 1 heterocycles. The van der Waals surface area contributed by atoms with E-state index in [1.807, 2.05) is 25.1 Å². The number of anilines is 3. The molecule has 0 spiro atoms. The van der Waals surface area contributed by atoms with E-state index in [-0.39, 0.29) is 17.5 Å². The van der Waals surface area contributed by atoms with Gasteiger partial charge in [-0.3, -0.25) is 14.5 Å². The lowest BCUT2D eigenvalue weighted by Crippen LogP contribution is -2.23. The van der Waals surface area contributed by atoms with Crippen LogP contribution in [-0.4, -0.2) is 16.8 Å². The largest absolute Gasteiger partial charge is 0.321 e. The number of rotatable bonds is 5. The Balaban J connectivity index is 1.76. The molecule has 2 amide bonds. The van der Waals surface area contributed by atoms with E-state index in [4.69, 9.17) is 0 Å². The van der Waals surface area contributed by atoms with Crippen molar-refractivity contribution in [2.24, 2.45) is 0 Å².